The number of hydrogen-bond acceptors (Lipinski definition) is 4. The van der Waals surface area contributed by atoms with Crippen LogP contribution in [0.1, 0.15) is 5.69 Å². The van der Waals surface area contributed by atoms with Crippen molar-refractivity contribution in [3.63, 3.8) is 0 Å². The molecule has 5 rings (SSSR count). The van der Waals surface area contributed by atoms with Crippen LogP contribution in [-0.4, -0.2) is 29.1 Å². The first-order chi connectivity index (χ1) is 12.7. The van der Waals surface area contributed by atoms with Gasteiger partial charge in [0, 0.05) is 30.2 Å². The van der Waals surface area contributed by atoms with E-state index in [4.69, 9.17) is 4.98 Å². The molecule has 7 heteroatoms. The van der Waals surface area contributed by atoms with E-state index < -0.39 is 0 Å². The van der Waals surface area contributed by atoms with Crippen molar-refractivity contribution in [1.29, 1.82) is 0 Å². The Morgan fingerprint density at radius 3 is 2.77 bits per heavy atom. The van der Waals surface area contributed by atoms with Crippen LogP contribution in [0.4, 0.5) is 4.39 Å². The molecule has 0 atom stereocenters. The molecule has 5 aromatic rings. The summed E-state index contributed by atoms with van der Waals surface area (Å²) in [6, 6.07) is 10.8. The van der Waals surface area contributed by atoms with Crippen molar-refractivity contribution >= 4 is 16.4 Å². The standard InChI is InChI=1S/C19H13FN6/c1-12-14(20)4-5-15(22-12)18-23-19(17-3-2-9-26(17)24-18)25-10-7-13-11-21-8-6-16(13)25/h2-11H,1H3. The van der Waals surface area contributed by atoms with E-state index in [0.717, 1.165) is 22.2 Å². The number of aryl methyl sites for hydroxylation is 1. The van der Waals surface area contributed by atoms with E-state index in [2.05, 4.69) is 15.1 Å². The maximum atomic E-state index is 13.6. The minimum Gasteiger partial charge on any atom is -0.299 e. The van der Waals surface area contributed by atoms with Gasteiger partial charge in [0.2, 0.25) is 5.82 Å². The van der Waals surface area contributed by atoms with Crippen molar-refractivity contribution in [2.24, 2.45) is 0 Å². The van der Waals surface area contributed by atoms with E-state index in [-0.39, 0.29) is 5.82 Å². The SMILES string of the molecule is Cc1nc(-c2nc(-n3ccc4cnccc43)c3cccn3n2)ccc1F. The number of nitrogens with zero attached hydrogens (tertiary/aromatic N) is 6. The molecule has 0 fully saturated rings. The maximum Gasteiger partial charge on any atom is 0.200 e. The van der Waals surface area contributed by atoms with E-state index in [1.807, 2.05) is 47.4 Å². The van der Waals surface area contributed by atoms with Gasteiger partial charge in [0.15, 0.2) is 5.82 Å². The van der Waals surface area contributed by atoms with E-state index in [1.165, 1.54) is 6.07 Å². The molecule has 6 nitrogen and oxygen atoms in total. The van der Waals surface area contributed by atoms with Crippen LogP contribution in [0.15, 0.2) is 61.2 Å². The fraction of sp³-hybridized carbons (Fsp3) is 0.0526. The van der Waals surface area contributed by atoms with E-state index >= 15 is 0 Å². The van der Waals surface area contributed by atoms with Gasteiger partial charge < -0.3 is 0 Å². The lowest BCUT2D eigenvalue weighted by Crippen LogP contribution is -2.06. The number of aromatic nitrogens is 6. The Morgan fingerprint density at radius 1 is 0.962 bits per heavy atom. The Kier molecular flexibility index (Phi) is 3.08. The first kappa shape index (κ1) is 14.7. The van der Waals surface area contributed by atoms with Crippen molar-refractivity contribution in [2.75, 3.05) is 0 Å². The predicted octanol–water partition coefficient (Wildman–Crippen LogP) is 3.58. The lowest BCUT2D eigenvalue weighted by molar-refractivity contribution is 0.610. The van der Waals surface area contributed by atoms with Crippen LogP contribution < -0.4 is 0 Å². The van der Waals surface area contributed by atoms with Gasteiger partial charge in [-0.05, 0) is 43.3 Å². The van der Waals surface area contributed by atoms with E-state index in [1.54, 1.807) is 23.7 Å². The number of rotatable bonds is 2. The van der Waals surface area contributed by atoms with Gasteiger partial charge in [0.05, 0.1) is 11.2 Å². The Labute approximate surface area is 147 Å². The van der Waals surface area contributed by atoms with Gasteiger partial charge >= 0.3 is 0 Å². The summed E-state index contributed by atoms with van der Waals surface area (Å²) in [4.78, 5) is 13.2. The second-order valence-corrected chi connectivity index (χ2v) is 5.98. The number of pyridine rings is 2. The molecule has 0 unspecified atom stereocenters. The monoisotopic (exact) mass is 344 g/mol. The molecular weight excluding hydrogens is 331 g/mol. The molecular formula is C19H13FN6. The van der Waals surface area contributed by atoms with Crippen molar-refractivity contribution in [3.8, 4) is 17.3 Å². The molecule has 0 aromatic carbocycles. The van der Waals surface area contributed by atoms with Gasteiger partial charge in [-0.2, -0.15) is 0 Å². The van der Waals surface area contributed by atoms with Crippen LogP contribution >= 0.6 is 0 Å². The lowest BCUT2D eigenvalue weighted by atomic mass is 10.3. The molecule has 0 spiro atoms. The lowest BCUT2D eigenvalue weighted by Gasteiger charge is -2.10. The fourth-order valence-corrected chi connectivity index (χ4v) is 3.04. The Balaban J connectivity index is 1.79. The topological polar surface area (TPSA) is 60.9 Å². The number of hydrogen-bond donors (Lipinski definition) is 0. The van der Waals surface area contributed by atoms with Crippen molar-refractivity contribution in [1.82, 2.24) is 29.1 Å². The average molecular weight is 344 g/mol. The van der Waals surface area contributed by atoms with Gasteiger partial charge in [-0.15, -0.1) is 5.10 Å². The Morgan fingerprint density at radius 2 is 1.88 bits per heavy atom. The number of halogens is 1. The summed E-state index contributed by atoms with van der Waals surface area (Å²) < 4.78 is 17.3. The Bertz CT molecular complexity index is 1270. The maximum absolute atomic E-state index is 13.6. The molecule has 0 aliphatic rings. The third-order valence-corrected chi connectivity index (χ3v) is 4.34. The molecule has 0 aliphatic heterocycles. The van der Waals surface area contributed by atoms with Crippen LogP contribution in [0.3, 0.4) is 0 Å². The summed E-state index contributed by atoms with van der Waals surface area (Å²) in [5.74, 6) is 0.813. The molecule has 0 saturated heterocycles. The molecule has 5 aromatic heterocycles. The summed E-state index contributed by atoms with van der Waals surface area (Å²) in [6.45, 7) is 1.63. The largest absolute Gasteiger partial charge is 0.299 e. The van der Waals surface area contributed by atoms with E-state index in [9.17, 15) is 4.39 Å². The zero-order valence-corrected chi connectivity index (χ0v) is 13.8. The second-order valence-electron chi connectivity index (χ2n) is 5.98. The van der Waals surface area contributed by atoms with Crippen molar-refractivity contribution in [3.05, 3.63) is 72.7 Å². The van der Waals surface area contributed by atoms with Gasteiger partial charge in [-0.3, -0.25) is 9.55 Å². The highest BCUT2D eigenvalue weighted by Crippen LogP contribution is 2.24. The van der Waals surface area contributed by atoms with Gasteiger partial charge in [-0.1, -0.05) is 0 Å². The summed E-state index contributed by atoms with van der Waals surface area (Å²) in [5, 5.41) is 5.54. The smallest absolute Gasteiger partial charge is 0.200 e. The molecule has 5 heterocycles. The van der Waals surface area contributed by atoms with Crippen LogP contribution in [-0.2, 0) is 0 Å². The highest BCUT2D eigenvalue weighted by atomic mass is 19.1. The van der Waals surface area contributed by atoms with Crippen molar-refractivity contribution < 1.29 is 4.39 Å². The molecule has 26 heavy (non-hydrogen) atoms. The number of fused-ring (bicyclic) bond motifs is 2. The second kappa shape index (κ2) is 5.45. The third kappa shape index (κ3) is 2.17. The third-order valence-electron chi connectivity index (χ3n) is 4.34. The summed E-state index contributed by atoms with van der Waals surface area (Å²) in [5.41, 5.74) is 2.70. The van der Waals surface area contributed by atoms with Crippen LogP contribution in [0, 0.1) is 12.7 Å². The van der Waals surface area contributed by atoms with Crippen molar-refractivity contribution in [2.45, 2.75) is 6.92 Å². The average Bonchev–Trinajstić information content (AvgIpc) is 3.30. The molecule has 0 bridgehead atoms. The van der Waals surface area contributed by atoms with Crippen LogP contribution in [0.25, 0.3) is 33.8 Å². The van der Waals surface area contributed by atoms with Gasteiger partial charge in [0.1, 0.15) is 17.0 Å². The molecule has 126 valence electrons. The van der Waals surface area contributed by atoms with Crippen LogP contribution in [0.5, 0.6) is 0 Å². The predicted molar refractivity (Wildman–Crippen MR) is 95.5 cm³/mol. The minimum atomic E-state index is -0.347. The van der Waals surface area contributed by atoms with Gasteiger partial charge in [0.25, 0.3) is 0 Å². The molecule has 0 aliphatic carbocycles. The fourth-order valence-electron chi connectivity index (χ4n) is 3.04. The molecule has 0 N–H and O–H groups in total. The van der Waals surface area contributed by atoms with E-state index in [0.29, 0.717) is 17.2 Å². The zero-order chi connectivity index (χ0) is 17.7. The first-order valence-electron chi connectivity index (χ1n) is 8.11. The van der Waals surface area contributed by atoms with Crippen LogP contribution in [0.2, 0.25) is 0 Å². The Hall–Kier alpha value is -3.61. The summed E-state index contributed by atoms with van der Waals surface area (Å²) in [7, 11) is 0. The molecule has 0 saturated carbocycles. The highest BCUT2D eigenvalue weighted by molar-refractivity contribution is 5.82. The highest BCUT2D eigenvalue weighted by Gasteiger charge is 2.14. The van der Waals surface area contributed by atoms with Gasteiger partial charge in [-0.25, -0.2) is 18.9 Å². The molecule has 0 radical (unpaired) electrons. The first-order valence-corrected chi connectivity index (χ1v) is 8.11. The molecule has 0 amide bonds. The minimum absolute atomic E-state index is 0.317. The normalized spacial score (nSPS) is 11.5. The quantitative estimate of drug-likeness (QED) is 0.491. The summed E-state index contributed by atoms with van der Waals surface area (Å²) >= 11 is 0. The zero-order valence-electron chi connectivity index (χ0n) is 13.8. The summed E-state index contributed by atoms with van der Waals surface area (Å²) in [6.07, 6.45) is 7.37.